The molecule has 0 atom stereocenters. The maximum Gasteiger partial charge on any atom is 0.355 e. The largest absolute Gasteiger partial charge is 0.494 e. The molecule has 0 saturated heterocycles. The van der Waals surface area contributed by atoms with Crippen LogP contribution in [0, 0.1) is 0 Å². The van der Waals surface area contributed by atoms with Crippen LogP contribution in [-0.2, 0) is 11.3 Å². The van der Waals surface area contributed by atoms with Crippen LogP contribution in [0.15, 0.2) is 67.5 Å². The van der Waals surface area contributed by atoms with Gasteiger partial charge in [0.25, 0.3) is 0 Å². The first-order valence-corrected chi connectivity index (χ1v) is 12.0. The van der Waals surface area contributed by atoms with E-state index in [-0.39, 0.29) is 11.8 Å². The summed E-state index contributed by atoms with van der Waals surface area (Å²) < 4.78 is 23.7. The van der Waals surface area contributed by atoms with Crippen molar-refractivity contribution in [2.75, 3.05) is 18.9 Å². The Morgan fingerprint density at radius 2 is 1.63 bits per heavy atom. The molecule has 0 aliphatic heterocycles. The van der Waals surface area contributed by atoms with Gasteiger partial charge in [0.05, 0.1) is 19.0 Å². The van der Waals surface area contributed by atoms with Crippen molar-refractivity contribution in [3.05, 3.63) is 73.2 Å². The summed E-state index contributed by atoms with van der Waals surface area (Å²) in [4.78, 5) is 12.7. The van der Waals surface area contributed by atoms with E-state index in [0.717, 1.165) is 27.8 Å². The average molecular weight is 485 g/mol. The molecule has 0 unspecified atom stereocenters. The number of halogens is 1. The Hall–Kier alpha value is -3.54. The number of anilines is 1. The average Bonchev–Trinajstić information content (AvgIpc) is 3.15. The highest BCUT2D eigenvalue weighted by atomic mass is 19.1. The van der Waals surface area contributed by atoms with E-state index in [9.17, 15) is 9.18 Å². The number of benzene rings is 2. The number of nitrogens with two attached hydrogens (primary N) is 1. The number of carbonyl (C=O) groups is 1. The first-order chi connectivity index (χ1) is 16.7. The van der Waals surface area contributed by atoms with Gasteiger partial charge in [-0.2, -0.15) is 0 Å². The van der Waals surface area contributed by atoms with Crippen LogP contribution < -0.4 is 10.5 Å². The molecule has 3 aromatic rings. The van der Waals surface area contributed by atoms with Crippen molar-refractivity contribution in [1.82, 2.24) is 4.57 Å². The van der Waals surface area contributed by atoms with Gasteiger partial charge in [0, 0.05) is 28.7 Å². The Kier molecular flexibility index (Phi) is 15.3. The van der Waals surface area contributed by atoms with E-state index in [4.69, 9.17) is 15.2 Å². The number of aryl methyl sites for hydroxylation is 1. The molecule has 0 amide bonds. The number of hydrogen-bond donors (Lipinski definition) is 1. The van der Waals surface area contributed by atoms with Crippen LogP contribution in [0.5, 0.6) is 5.75 Å². The zero-order valence-electron chi connectivity index (χ0n) is 22.3. The van der Waals surface area contributed by atoms with E-state index in [1.54, 1.807) is 6.08 Å². The number of esters is 1. The number of nitrogen functional groups attached to an aromatic ring is 1. The molecule has 2 N–H and O–H groups in total. The lowest BCUT2D eigenvalue weighted by Crippen LogP contribution is -2.12. The van der Waals surface area contributed by atoms with Crippen molar-refractivity contribution in [3.8, 4) is 16.9 Å². The molecule has 0 bridgehead atoms. The van der Waals surface area contributed by atoms with Crippen LogP contribution in [0.1, 0.15) is 59.0 Å². The molecule has 6 heteroatoms. The second-order valence-corrected chi connectivity index (χ2v) is 7.01. The van der Waals surface area contributed by atoms with Gasteiger partial charge in [0.15, 0.2) is 0 Å². The minimum Gasteiger partial charge on any atom is -0.494 e. The Morgan fingerprint density at radius 3 is 2.09 bits per heavy atom. The molecule has 0 fully saturated rings. The van der Waals surface area contributed by atoms with Crippen molar-refractivity contribution < 1.29 is 18.7 Å². The van der Waals surface area contributed by atoms with Gasteiger partial charge in [-0.15, -0.1) is 6.58 Å². The second-order valence-electron chi connectivity index (χ2n) is 7.01. The molecule has 0 aliphatic carbocycles. The predicted molar refractivity (Wildman–Crippen MR) is 148 cm³/mol. The zero-order valence-corrected chi connectivity index (χ0v) is 22.3. The van der Waals surface area contributed by atoms with Crippen molar-refractivity contribution >= 4 is 22.6 Å². The normalized spacial score (nSPS) is 9.37. The van der Waals surface area contributed by atoms with Crippen LogP contribution in [0.4, 0.5) is 10.1 Å². The third-order valence-electron chi connectivity index (χ3n) is 4.33. The van der Waals surface area contributed by atoms with Gasteiger partial charge in [-0.05, 0) is 70.5 Å². The van der Waals surface area contributed by atoms with Gasteiger partial charge in [-0.25, -0.2) is 9.18 Å². The van der Waals surface area contributed by atoms with Gasteiger partial charge in [0.2, 0.25) is 0 Å². The lowest BCUT2D eigenvalue weighted by molar-refractivity contribution is 0.0515. The van der Waals surface area contributed by atoms with E-state index in [1.165, 1.54) is 6.92 Å². The number of carbonyl (C=O) groups excluding carboxylic acids is 1. The van der Waals surface area contributed by atoms with Crippen LogP contribution in [0.3, 0.4) is 0 Å². The number of rotatable bonds is 6. The van der Waals surface area contributed by atoms with Crippen molar-refractivity contribution in [2.24, 2.45) is 0 Å². The van der Waals surface area contributed by atoms with Gasteiger partial charge in [-0.1, -0.05) is 38.6 Å². The SMILES string of the molecule is C=C(C)F.C=CC.CC.CCOC(=O)c1c(-c2ccc(OCC)cc2)c2cc(N)ccc2n1CC. The maximum absolute atomic E-state index is 12.7. The monoisotopic (exact) mass is 484 g/mol. The summed E-state index contributed by atoms with van der Waals surface area (Å²) in [6.45, 7) is 20.8. The Morgan fingerprint density at radius 1 is 1.09 bits per heavy atom. The molecule has 1 aromatic heterocycles. The molecule has 0 aliphatic rings. The number of ether oxygens (including phenoxy) is 2. The Labute approximate surface area is 210 Å². The van der Waals surface area contributed by atoms with E-state index >= 15 is 0 Å². The van der Waals surface area contributed by atoms with Crippen LogP contribution >= 0.6 is 0 Å². The third kappa shape index (κ3) is 9.32. The fourth-order valence-corrected chi connectivity index (χ4v) is 3.29. The number of hydrogen-bond acceptors (Lipinski definition) is 4. The van der Waals surface area contributed by atoms with E-state index < -0.39 is 0 Å². The highest BCUT2D eigenvalue weighted by molar-refractivity contribution is 6.09. The standard InChI is InChI=1S/C21H24N2O3.C3H5F.C3H6.C2H6/c1-4-23-18-12-9-15(22)13-17(18)19(20(23)21(24)26-6-3)14-7-10-16(11-8-14)25-5-2;1-3(2)4;1-3-2;1-2/h7-13H,4-6,22H2,1-3H3;1H2,2H3;3H,1H2,2H3;1-2H3. The molecule has 2 aromatic carbocycles. The fraction of sp³-hybridized carbons (Fsp3) is 0.345. The Bertz CT molecular complexity index is 1070. The van der Waals surface area contributed by atoms with E-state index in [0.29, 0.717) is 31.1 Å². The minimum absolute atomic E-state index is 0.326. The third-order valence-corrected chi connectivity index (χ3v) is 4.33. The van der Waals surface area contributed by atoms with Crippen molar-refractivity contribution in [3.63, 3.8) is 0 Å². The van der Waals surface area contributed by atoms with Gasteiger partial charge < -0.3 is 19.8 Å². The summed E-state index contributed by atoms with van der Waals surface area (Å²) in [6, 6.07) is 13.5. The van der Waals surface area contributed by atoms with Crippen LogP contribution in [0.2, 0.25) is 0 Å². The number of allylic oxidation sites excluding steroid dienone is 2. The minimum atomic E-state index is -0.333. The molecule has 0 saturated carbocycles. The molecule has 3 rings (SSSR count). The zero-order chi connectivity index (χ0) is 27.0. The number of aromatic nitrogens is 1. The lowest BCUT2D eigenvalue weighted by Gasteiger charge is -2.10. The first-order valence-electron chi connectivity index (χ1n) is 12.0. The number of fused-ring (bicyclic) bond motifs is 1. The fourth-order valence-electron chi connectivity index (χ4n) is 3.29. The topological polar surface area (TPSA) is 66.5 Å². The van der Waals surface area contributed by atoms with Crippen molar-refractivity contribution in [1.29, 1.82) is 0 Å². The predicted octanol–water partition coefficient (Wildman–Crippen LogP) is 8.19. The van der Waals surface area contributed by atoms with Gasteiger partial charge in [-0.3, -0.25) is 0 Å². The quantitative estimate of drug-likeness (QED) is 0.217. The maximum atomic E-state index is 12.7. The summed E-state index contributed by atoms with van der Waals surface area (Å²) in [5.74, 6) is 0.140. The molecule has 192 valence electrons. The lowest BCUT2D eigenvalue weighted by atomic mass is 10.0. The summed E-state index contributed by atoms with van der Waals surface area (Å²) in [7, 11) is 0. The molecular weight excluding hydrogens is 443 g/mol. The summed E-state index contributed by atoms with van der Waals surface area (Å²) in [5.41, 5.74) is 9.98. The highest BCUT2D eigenvalue weighted by Gasteiger charge is 2.24. The molecule has 1 heterocycles. The summed E-state index contributed by atoms with van der Waals surface area (Å²) >= 11 is 0. The molecule has 0 spiro atoms. The summed E-state index contributed by atoms with van der Waals surface area (Å²) in [5, 5.41) is 0.944. The molecular formula is C29H41FN2O3. The smallest absolute Gasteiger partial charge is 0.355 e. The molecule has 35 heavy (non-hydrogen) atoms. The van der Waals surface area contributed by atoms with E-state index in [2.05, 4.69) is 13.2 Å². The molecule has 5 nitrogen and oxygen atoms in total. The van der Waals surface area contributed by atoms with Gasteiger partial charge >= 0.3 is 5.97 Å². The molecule has 0 radical (unpaired) electrons. The first kappa shape index (κ1) is 31.5. The highest BCUT2D eigenvalue weighted by Crippen LogP contribution is 2.37. The second kappa shape index (κ2) is 17.0. The number of nitrogens with zero attached hydrogens (tertiary/aromatic N) is 1. The van der Waals surface area contributed by atoms with Crippen LogP contribution in [0.25, 0.3) is 22.0 Å². The van der Waals surface area contributed by atoms with Crippen LogP contribution in [-0.4, -0.2) is 23.8 Å². The van der Waals surface area contributed by atoms with E-state index in [1.807, 2.05) is 88.6 Å². The summed E-state index contributed by atoms with van der Waals surface area (Å²) in [6.07, 6.45) is 1.75. The van der Waals surface area contributed by atoms with Gasteiger partial charge in [0.1, 0.15) is 11.4 Å². The van der Waals surface area contributed by atoms with Crippen molar-refractivity contribution in [2.45, 2.75) is 55.0 Å². The Balaban J connectivity index is 0.00000112.